The van der Waals surface area contributed by atoms with Gasteiger partial charge in [0.2, 0.25) is 11.9 Å². The Labute approximate surface area is 223 Å². The van der Waals surface area contributed by atoms with Gasteiger partial charge in [0, 0.05) is 31.3 Å². The summed E-state index contributed by atoms with van der Waals surface area (Å²) in [5.74, 6) is -0.621. The van der Waals surface area contributed by atoms with Gasteiger partial charge in [0.05, 0.1) is 28.8 Å². The maximum atomic E-state index is 13.0. The Morgan fingerprint density at radius 3 is 2.67 bits per heavy atom. The molecule has 0 unspecified atom stereocenters. The van der Waals surface area contributed by atoms with Crippen LogP contribution >= 0.6 is 0 Å². The number of rotatable bonds is 11. The zero-order chi connectivity index (χ0) is 28.1. The molecule has 0 atom stereocenters. The SMILES string of the molecule is CCn1nc(C)cc1C(=O)Nc1nc2ccccc2n1C/C=C/CNc1c(OC)cc(C(N)=O)cc1[N+](=O)[O-]. The fraction of sp³-hybridized carbons (Fsp3) is 0.231. The topological polar surface area (TPSA) is 172 Å². The van der Waals surface area contributed by atoms with Crippen LogP contribution in [0.2, 0.25) is 0 Å². The van der Waals surface area contributed by atoms with Crippen molar-refractivity contribution in [3.63, 3.8) is 0 Å². The van der Waals surface area contributed by atoms with E-state index < -0.39 is 10.8 Å². The Bertz CT molecular complexity index is 1590. The van der Waals surface area contributed by atoms with E-state index in [1.165, 1.54) is 13.2 Å². The molecule has 202 valence electrons. The van der Waals surface area contributed by atoms with Crippen LogP contribution in [0.25, 0.3) is 11.0 Å². The lowest BCUT2D eigenvalue weighted by atomic mass is 10.1. The van der Waals surface area contributed by atoms with Crippen LogP contribution in [0.4, 0.5) is 17.3 Å². The summed E-state index contributed by atoms with van der Waals surface area (Å²) in [7, 11) is 1.35. The number of fused-ring (bicyclic) bond motifs is 1. The minimum Gasteiger partial charge on any atom is -0.494 e. The minimum atomic E-state index is -0.799. The number of aromatic nitrogens is 4. The van der Waals surface area contributed by atoms with Crippen molar-refractivity contribution in [2.45, 2.75) is 26.9 Å². The summed E-state index contributed by atoms with van der Waals surface area (Å²) in [4.78, 5) is 40.1. The van der Waals surface area contributed by atoms with E-state index in [9.17, 15) is 19.7 Å². The van der Waals surface area contributed by atoms with Crippen molar-refractivity contribution < 1.29 is 19.2 Å². The molecule has 2 aromatic heterocycles. The predicted octanol–water partition coefficient (Wildman–Crippen LogP) is 3.50. The zero-order valence-electron chi connectivity index (χ0n) is 21.7. The number of nitrogens with two attached hydrogens (primary N) is 1. The number of primary amides is 1. The summed E-state index contributed by atoms with van der Waals surface area (Å²) in [5.41, 5.74) is 7.77. The number of para-hydroxylation sites is 2. The Kier molecular flexibility index (Phi) is 7.89. The molecule has 0 aliphatic rings. The highest BCUT2D eigenvalue weighted by atomic mass is 16.6. The highest BCUT2D eigenvalue weighted by Gasteiger charge is 2.22. The fourth-order valence-electron chi connectivity index (χ4n) is 4.14. The van der Waals surface area contributed by atoms with E-state index in [4.69, 9.17) is 10.5 Å². The number of aryl methyl sites for hydroxylation is 2. The summed E-state index contributed by atoms with van der Waals surface area (Å²) in [5, 5.41) is 21.8. The number of nitrogens with one attached hydrogen (secondary N) is 2. The van der Waals surface area contributed by atoms with Gasteiger partial charge in [-0.15, -0.1) is 0 Å². The Hall–Kier alpha value is -5.20. The standard InChI is InChI=1S/C26H28N8O5/c1-4-33-21(13-16(2)31-33)25(36)30-26-29-18-9-5-6-10-19(18)32(26)12-8-7-11-28-23-20(34(37)38)14-17(24(27)35)15-22(23)39-3/h5-10,13-15,28H,4,11-12H2,1-3H3,(H2,27,35)(H,29,30,36)/b8-7+. The van der Waals surface area contributed by atoms with Gasteiger partial charge in [0.25, 0.3) is 11.6 Å². The third-order valence-electron chi connectivity index (χ3n) is 5.95. The van der Waals surface area contributed by atoms with Crippen molar-refractivity contribution in [3.8, 4) is 5.75 Å². The quantitative estimate of drug-likeness (QED) is 0.150. The molecule has 13 heteroatoms. The third kappa shape index (κ3) is 5.71. The molecule has 4 rings (SSSR count). The first-order valence-corrected chi connectivity index (χ1v) is 12.1. The minimum absolute atomic E-state index is 0.0293. The molecule has 0 spiro atoms. The number of benzene rings is 2. The molecule has 4 aromatic rings. The van der Waals surface area contributed by atoms with Gasteiger partial charge in [-0.05, 0) is 38.1 Å². The van der Waals surface area contributed by atoms with E-state index in [-0.39, 0.29) is 35.1 Å². The van der Waals surface area contributed by atoms with Gasteiger partial charge in [-0.2, -0.15) is 5.10 Å². The van der Waals surface area contributed by atoms with Crippen molar-refractivity contribution in [1.29, 1.82) is 0 Å². The molecule has 0 fully saturated rings. The molecular weight excluding hydrogens is 504 g/mol. The van der Waals surface area contributed by atoms with Gasteiger partial charge in [-0.1, -0.05) is 24.3 Å². The van der Waals surface area contributed by atoms with Gasteiger partial charge in [0.1, 0.15) is 11.4 Å². The van der Waals surface area contributed by atoms with Crippen molar-refractivity contribution in [2.24, 2.45) is 5.73 Å². The molecule has 0 saturated carbocycles. The van der Waals surface area contributed by atoms with Gasteiger partial charge in [0.15, 0.2) is 5.69 Å². The smallest absolute Gasteiger partial charge is 0.296 e. The van der Waals surface area contributed by atoms with Crippen LogP contribution in [0.5, 0.6) is 5.75 Å². The Morgan fingerprint density at radius 1 is 1.21 bits per heavy atom. The normalized spacial score (nSPS) is 11.2. The average molecular weight is 533 g/mol. The van der Waals surface area contributed by atoms with Crippen LogP contribution in [-0.4, -0.2) is 49.7 Å². The predicted molar refractivity (Wildman–Crippen MR) is 146 cm³/mol. The Balaban J connectivity index is 1.53. The molecule has 39 heavy (non-hydrogen) atoms. The number of hydrogen-bond donors (Lipinski definition) is 3. The number of anilines is 2. The second kappa shape index (κ2) is 11.5. The number of allylic oxidation sites excluding steroid dienone is 1. The number of amides is 2. The van der Waals surface area contributed by atoms with E-state index in [1.54, 1.807) is 16.8 Å². The number of nitro groups is 1. The van der Waals surface area contributed by atoms with E-state index in [0.717, 1.165) is 22.8 Å². The van der Waals surface area contributed by atoms with Crippen LogP contribution in [0, 0.1) is 17.0 Å². The number of hydrogen-bond acceptors (Lipinski definition) is 8. The summed E-state index contributed by atoms with van der Waals surface area (Å²) in [6, 6.07) is 11.7. The van der Waals surface area contributed by atoms with Gasteiger partial charge in [-0.3, -0.25) is 29.7 Å². The number of imidazole rings is 1. The van der Waals surface area contributed by atoms with E-state index in [0.29, 0.717) is 24.7 Å². The molecule has 0 saturated heterocycles. The third-order valence-corrected chi connectivity index (χ3v) is 5.95. The fourth-order valence-corrected chi connectivity index (χ4v) is 4.14. The number of carbonyl (C=O) groups is 2. The molecule has 0 aliphatic heterocycles. The molecular formula is C26H28N8O5. The lowest BCUT2D eigenvalue weighted by Crippen LogP contribution is -2.19. The van der Waals surface area contributed by atoms with Crippen molar-refractivity contribution in [2.75, 3.05) is 24.3 Å². The first-order valence-electron chi connectivity index (χ1n) is 12.1. The number of carbonyl (C=O) groups excluding carboxylic acids is 2. The van der Waals surface area contributed by atoms with Crippen molar-refractivity contribution in [3.05, 3.63) is 81.7 Å². The van der Waals surface area contributed by atoms with E-state index in [2.05, 4.69) is 20.7 Å². The van der Waals surface area contributed by atoms with Crippen LogP contribution in [0.3, 0.4) is 0 Å². The van der Waals surface area contributed by atoms with Crippen molar-refractivity contribution >= 4 is 40.2 Å². The molecule has 0 aliphatic carbocycles. The second-order valence-corrected chi connectivity index (χ2v) is 8.52. The number of nitrogens with zero attached hydrogens (tertiary/aromatic N) is 5. The number of nitro benzene ring substituents is 1. The number of methoxy groups -OCH3 is 1. The molecule has 0 radical (unpaired) electrons. The first kappa shape index (κ1) is 26.9. The summed E-state index contributed by atoms with van der Waals surface area (Å²) in [6.45, 7) is 4.87. The zero-order valence-corrected chi connectivity index (χ0v) is 21.7. The molecule has 4 N–H and O–H groups in total. The summed E-state index contributed by atoms with van der Waals surface area (Å²) < 4.78 is 8.73. The maximum absolute atomic E-state index is 13.0. The van der Waals surface area contributed by atoms with Crippen molar-refractivity contribution in [1.82, 2.24) is 19.3 Å². The largest absolute Gasteiger partial charge is 0.494 e. The van der Waals surface area contributed by atoms with Crippen LogP contribution in [-0.2, 0) is 13.1 Å². The first-order chi connectivity index (χ1) is 18.7. The second-order valence-electron chi connectivity index (χ2n) is 8.52. The average Bonchev–Trinajstić information content (AvgIpc) is 3.47. The maximum Gasteiger partial charge on any atom is 0.296 e. The summed E-state index contributed by atoms with van der Waals surface area (Å²) in [6.07, 6.45) is 3.62. The van der Waals surface area contributed by atoms with E-state index in [1.807, 2.05) is 48.8 Å². The highest BCUT2D eigenvalue weighted by molar-refractivity contribution is 6.03. The molecule has 2 amide bonds. The Morgan fingerprint density at radius 2 is 1.97 bits per heavy atom. The van der Waals surface area contributed by atoms with Crippen LogP contribution in [0.15, 0.2) is 54.6 Å². The highest BCUT2D eigenvalue weighted by Crippen LogP contribution is 2.35. The number of ether oxygens (including phenoxy) is 1. The van der Waals surface area contributed by atoms with E-state index >= 15 is 0 Å². The monoisotopic (exact) mass is 532 g/mol. The van der Waals surface area contributed by atoms with Crippen LogP contribution < -0.4 is 21.1 Å². The molecule has 2 aromatic carbocycles. The van der Waals surface area contributed by atoms with Gasteiger partial charge >= 0.3 is 0 Å². The van der Waals surface area contributed by atoms with Gasteiger partial charge < -0.3 is 20.4 Å². The molecule has 2 heterocycles. The lowest BCUT2D eigenvalue weighted by Gasteiger charge is -2.12. The molecule has 13 nitrogen and oxygen atoms in total. The molecule has 0 bridgehead atoms. The van der Waals surface area contributed by atoms with Crippen LogP contribution in [0.1, 0.15) is 33.5 Å². The van der Waals surface area contributed by atoms with Gasteiger partial charge in [-0.25, -0.2) is 4.98 Å². The lowest BCUT2D eigenvalue weighted by molar-refractivity contribution is -0.384. The summed E-state index contributed by atoms with van der Waals surface area (Å²) >= 11 is 0.